The summed E-state index contributed by atoms with van der Waals surface area (Å²) >= 11 is 11.6. The molecule has 1 aromatic rings. The summed E-state index contributed by atoms with van der Waals surface area (Å²) in [6.45, 7) is 0.698. The molecule has 3 N–H and O–H groups in total. The maximum Gasteiger partial charge on any atom is 0.307 e. The van der Waals surface area contributed by atoms with Crippen LogP contribution >= 0.6 is 23.2 Å². The van der Waals surface area contributed by atoms with Crippen LogP contribution in [0.25, 0.3) is 0 Å². The van der Waals surface area contributed by atoms with Gasteiger partial charge in [-0.2, -0.15) is 0 Å². The lowest BCUT2D eigenvalue weighted by Crippen LogP contribution is -2.50. The van der Waals surface area contributed by atoms with Gasteiger partial charge in [0.05, 0.1) is 10.9 Å². The van der Waals surface area contributed by atoms with E-state index in [1.54, 1.807) is 0 Å². The van der Waals surface area contributed by atoms with E-state index < -0.39 is 28.0 Å². The Hall–Kier alpha value is -0.860. The van der Waals surface area contributed by atoms with Crippen molar-refractivity contribution in [2.24, 2.45) is 5.92 Å². The van der Waals surface area contributed by atoms with Gasteiger partial charge >= 0.3 is 5.97 Å². The highest BCUT2D eigenvalue weighted by Gasteiger charge is 2.30. The number of halogens is 2. The van der Waals surface area contributed by atoms with E-state index in [4.69, 9.17) is 28.3 Å². The quantitative estimate of drug-likeness (QED) is 0.759. The Morgan fingerprint density at radius 3 is 2.67 bits per heavy atom. The summed E-state index contributed by atoms with van der Waals surface area (Å²) in [5.41, 5.74) is 0. The Morgan fingerprint density at radius 2 is 2.05 bits per heavy atom. The number of aliphatic carboxylic acids is 1. The minimum Gasteiger partial charge on any atom is -0.481 e. The van der Waals surface area contributed by atoms with E-state index in [0.29, 0.717) is 18.1 Å². The van der Waals surface area contributed by atoms with Crippen LogP contribution in [0.15, 0.2) is 23.1 Å². The molecule has 1 aliphatic heterocycles. The molecule has 2 rings (SSSR count). The summed E-state index contributed by atoms with van der Waals surface area (Å²) < 4.78 is 27.1. The van der Waals surface area contributed by atoms with Gasteiger partial charge in [-0.05, 0) is 24.6 Å². The zero-order valence-electron chi connectivity index (χ0n) is 10.8. The number of rotatable bonds is 4. The third kappa shape index (κ3) is 4.08. The lowest BCUT2D eigenvalue weighted by Gasteiger charge is -2.28. The summed E-state index contributed by atoms with van der Waals surface area (Å²) in [5.74, 6) is -1.57. The molecular weight excluding hydrogens is 339 g/mol. The number of carbonyl (C=O) groups is 1. The van der Waals surface area contributed by atoms with Crippen LogP contribution in [0.2, 0.25) is 10.0 Å². The number of hydrogen-bond acceptors (Lipinski definition) is 4. The number of benzene rings is 1. The molecule has 0 aliphatic carbocycles. The Kier molecular flexibility index (Phi) is 5.11. The van der Waals surface area contributed by atoms with Gasteiger partial charge in [-0.3, -0.25) is 4.79 Å². The van der Waals surface area contributed by atoms with Crippen molar-refractivity contribution in [2.45, 2.75) is 17.4 Å². The van der Waals surface area contributed by atoms with Gasteiger partial charge in [-0.15, -0.1) is 0 Å². The van der Waals surface area contributed by atoms with E-state index in [1.165, 1.54) is 18.2 Å². The molecule has 0 spiro atoms. The Bertz CT molecular complexity index is 651. The van der Waals surface area contributed by atoms with Gasteiger partial charge in [0.1, 0.15) is 4.90 Å². The van der Waals surface area contributed by atoms with Gasteiger partial charge < -0.3 is 10.4 Å². The minimum atomic E-state index is -3.83. The van der Waals surface area contributed by atoms with Gasteiger partial charge in [0.15, 0.2) is 0 Å². The molecular formula is C12H14Cl2N2O4S. The molecule has 1 heterocycles. The molecule has 6 nitrogen and oxygen atoms in total. The topological polar surface area (TPSA) is 95.5 Å². The highest BCUT2D eigenvalue weighted by Crippen LogP contribution is 2.25. The monoisotopic (exact) mass is 352 g/mol. The molecule has 2 atom stereocenters. The number of nitrogens with one attached hydrogen (secondary N) is 2. The van der Waals surface area contributed by atoms with Crippen LogP contribution in [0.4, 0.5) is 0 Å². The third-order valence-corrected chi connectivity index (χ3v) is 5.44. The first-order valence-electron chi connectivity index (χ1n) is 6.20. The average Bonchev–Trinajstić information content (AvgIpc) is 2.37. The van der Waals surface area contributed by atoms with E-state index in [1.807, 2.05) is 0 Å². The zero-order valence-corrected chi connectivity index (χ0v) is 13.2. The molecule has 0 saturated carbocycles. The molecule has 1 aliphatic rings. The number of sulfonamides is 1. The second-order valence-corrected chi connectivity index (χ2v) is 7.35. The fraction of sp³-hybridized carbons (Fsp3) is 0.417. The lowest BCUT2D eigenvalue weighted by atomic mass is 9.97. The zero-order chi connectivity index (χ0) is 15.6. The van der Waals surface area contributed by atoms with Crippen molar-refractivity contribution in [3.63, 3.8) is 0 Å². The van der Waals surface area contributed by atoms with Gasteiger partial charge in [-0.1, -0.05) is 23.2 Å². The van der Waals surface area contributed by atoms with Crippen LogP contribution in [-0.2, 0) is 14.8 Å². The van der Waals surface area contributed by atoms with E-state index in [9.17, 15) is 13.2 Å². The third-order valence-electron chi connectivity index (χ3n) is 3.21. The summed E-state index contributed by atoms with van der Waals surface area (Å²) in [6, 6.07) is 3.59. The average molecular weight is 353 g/mol. The first kappa shape index (κ1) is 16.5. The molecule has 1 aromatic carbocycles. The molecule has 0 radical (unpaired) electrons. The fourth-order valence-electron chi connectivity index (χ4n) is 2.20. The molecule has 0 bridgehead atoms. The highest BCUT2D eigenvalue weighted by molar-refractivity contribution is 7.89. The van der Waals surface area contributed by atoms with Crippen LogP contribution in [-0.4, -0.2) is 38.6 Å². The SMILES string of the molecule is O=C(O)[C@@H]1CNC[C@H](NS(=O)(=O)c2ccc(Cl)cc2Cl)C1. The Balaban J connectivity index is 2.15. The fourth-order valence-corrected chi connectivity index (χ4v) is 4.22. The number of hydrogen-bond donors (Lipinski definition) is 3. The Labute approximate surface area is 132 Å². The first-order valence-corrected chi connectivity index (χ1v) is 8.44. The number of carboxylic acid groups (broad SMARTS) is 1. The van der Waals surface area contributed by atoms with Crippen molar-refractivity contribution in [1.29, 1.82) is 0 Å². The van der Waals surface area contributed by atoms with E-state index >= 15 is 0 Å². The number of carboxylic acids is 1. The van der Waals surface area contributed by atoms with Crippen LogP contribution in [0.1, 0.15) is 6.42 Å². The van der Waals surface area contributed by atoms with Crippen LogP contribution < -0.4 is 10.0 Å². The molecule has 0 amide bonds. The molecule has 9 heteroatoms. The predicted octanol–water partition coefficient (Wildman–Crippen LogP) is 1.33. The second-order valence-electron chi connectivity index (χ2n) is 4.82. The van der Waals surface area contributed by atoms with Gasteiger partial charge in [0.2, 0.25) is 10.0 Å². The maximum atomic E-state index is 12.3. The van der Waals surface area contributed by atoms with Gasteiger partial charge in [-0.25, -0.2) is 13.1 Å². The van der Waals surface area contributed by atoms with E-state index in [-0.39, 0.29) is 16.3 Å². The molecule has 116 valence electrons. The van der Waals surface area contributed by atoms with Crippen LogP contribution in [0.5, 0.6) is 0 Å². The number of piperidine rings is 1. The summed E-state index contributed by atoms with van der Waals surface area (Å²) in [4.78, 5) is 10.9. The largest absolute Gasteiger partial charge is 0.481 e. The minimum absolute atomic E-state index is 0.0218. The first-order chi connectivity index (χ1) is 9.79. The van der Waals surface area contributed by atoms with Crippen molar-refractivity contribution in [1.82, 2.24) is 10.0 Å². The maximum absolute atomic E-state index is 12.3. The lowest BCUT2D eigenvalue weighted by molar-refractivity contribution is -0.142. The smallest absolute Gasteiger partial charge is 0.307 e. The molecule has 1 saturated heterocycles. The molecule has 1 fully saturated rings. The van der Waals surface area contributed by atoms with Crippen molar-refractivity contribution in [3.05, 3.63) is 28.2 Å². The van der Waals surface area contributed by atoms with Crippen molar-refractivity contribution in [3.8, 4) is 0 Å². The second kappa shape index (κ2) is 6.50. The standard InChI is InChI=1S/C12H14Cl2N2O4S/c13-8-1-2-11(10(14)4-8)21(19,20)16-9-3-7(12(17)18)5-15-6-9/h1-2,4,7,9,15-16H,3,5-6H2,(H,17,18)/t7-,9+/m0/s1. The summed E-state index contributed by atoms with van der Waals surface area (Å²) in [7, 11) is -3.83. The van der Waals surface area contributed by atoms with Crippen molar-refractivity contribution >= 4 is 39.2 Å². The van der Waals surface area contributed by atoms with Crippen LogP contribution in [0, 0.1) is 5.92 Å². The van der Waals surface area contributed by atoms with Crippen LogP contribution in [0.3, 0.4) is 0 Å². The Morgan fingerprint density at radius 1 is 1.33 bits per heavy atom. The summed E-state index contributed by atoms with van der Waals surface area (Å²) in [5, 5.41) is 12.3. The molecule has 0 aromatic heterocycles. The normalized spacial score (nSPS) is 23.0. The van der Waals surface area contributed by atoms with E-state index in [2.05, 4.69) is 10.0 Å². The molecule has 21 heavy (non-hydrogen) atoms. The predicted molar refractivity (Wildman–Crippen MR) is 79.2 cm³/mol. The van der Waals surface area contributed by atoms with Gasteiger partial charge in [0.25, 0.3) is 0 Å². The highest BCUT2D eigenvalue weighted by atomic mass is 35.5. The van der Waals surface area contributed by atoms with Crippen molar-refractivity contribution < 1.29 is 18.3 Å². The van der Waals surface area contributed by atoms with Gasteiger partial charge in [0, 0.05) is 24.2 Å². The van der Waals surface area contributed by atoms with Crippen molar-refractivity contribution in [2.75, 3.05) is 13.1 Å². The molecule has 0 unspecified atom stereocenters. The summed E-state index contributed by atoms with van der Waals surface area (Å²) in [6.07, 6.45) is 0.229. The van der Waals surface area contributed by atoms with E-state index in [0.717, 1.165) is 0 Å².